The summed E-state index contributed by atoms with van der Waals surface area (Å²) in [6.45, 7) is 1.86. The maximum atomic E-state index is 12.4. The van der Waals surface area contributed by atoms with Gasteiger partial charge < -0.3 is 10.1 Å². The van der Waals surface area contributed by atoms with Crippen LogP contribution in [0.5, 0.6) is 5.75 Å². The van der Waals surface area contributed by atoms with Crippen LogP contribution in [0.4, 0.5) is 0 Å². The standard InChI is InChI=1S/C20H18ClNO2S/c1-14-9-10-16(21)17(12-14)24-13-19(23)22-20(18-8-5-11-25-18)15-6-3-2-4-7-15/h2-12,20H,13H2,1H3,(H,22,23)/t20-/m1/s1. The zero-order chi connectivity index (χ0) is 17.6. The molecule has 0 saturated heterocycles. The van der Waals surface area contributed by atoms with E-state index in [9.17, 15) is 4.79 Å². The van der Waals surface area contributed by atoms with Crippen LogP contribution in [0.25, 0.3) is 0 Å². The van der Waals surface area contributed by atoms with Crippen molar-refractivity contribution in [2.45, 2.75) is 13.0 Å². The highest BCUT2D eigenvalue weighted by Gasteiger charge is 2.18. The highest BCUT2D eigenvalue weighted by Crippen LogP contribution is 2.27. The number of carbonyl (C=O) groups is 1. The third-order valence-electron chi connectivity index (χ3n) is 3.71. The molecule has 0 aliphatic heterocycles. The summed E-state index contributed by atoms with van der Waals surface area (Å²) in [6, 6.07) is 19.2. The van der Waals surface area contributed by atoms with E-state index in [-0.39, 0.29) is 18.6 Å². The molecule has 0 spiro atoms. The molecular formula is C20H18ClNO2S. The van der Waals surface area contributed by atoms with Crippen LogP contribution in [-0.4, -0.2) is 12.5 Å². The average Bonchev–Trinajstić information content (AvgIpc) is 3.15. The molecule has 3 rings (SSSR count). The lowest BCUT2D eigenvalue weighted by atomic mass is 10.1. The molecule has 0 aliphatic carbocycles. The summed E-state index contributed by atoms with van der Waals surface area (Å²) < 4.78 is 5.59. The highest BCUT2D eigenvalue weighted by atomic mass is 35.5. The summed E-state index contributed by atoms with van der Waals surface area (Å²) in [5.74, 6) is 0.323. The lowest BCUT2D eigenvalue weighted by molar-refractivity contribution is -0.123. The molecule has 0 unspecified atom stereocenters. The summed E-state index contributed by atoms with van der Waals surface area (Å²) in [6.07, 6.45) is 0. The second-order valence-corrected chi connectivity index (χ2v) is 7.04. The lowest BCUT2D eigenvalue weighted by Crippen LogP contribution is -2.32. The number of rotatable bonds is 6. The van der Waals surface area contributed by atoms with Crippen molar-refractivity contribution in [3.63, 3.8) is 0 Å². The first-order valence-electron chi connectivity index (χ1n) is 7.90. The van der Waals surface area contributed by atoms with Crippen LogP contribution < -0.4 is 10.1 Å². The Balaban J connectivity index is 1.70. The number of nitrogens with one attached hydrogen (secondary N) is 1. The van der Waals surface area contributed by atoms with Gasteiger partial charge in [0.15, 0.2) is 6.61 Å². The molecule has 25 heavy (non-hydrogen) atoms. The number of halogens is 1. The number of ether oxygens (including phenoxy) is 1. The second-order valence-electron chi connectivity index (χ2n) is 5.65. The zero-order valence-corrected chi connectivity index (χ0v) is 15.3. The molecule has 0 saturated carbocycles. The molecule has 3 nitrogen and oxygen atoms in total. The monoisotopic (exact) mass is 371 g/mol. The topological polar surface area (TPSA) is 38.3 Å². The number of carbonyl (C=O) groups excluding carboxylic acids is 1. The molecule has 1 N–H and O–H groups in total. The molecule has 128 valence electrons. The molecule has 0 bridgehead atoms. The van der Waals surface area contributed by atoms with Gasteiger partial charge in [-0.1, -0.05) is 54.1 Å². The van der Waals surface area contributed by atoms with Gasteiger partial charge in [-0.05, 0) is 41.6 Å². The van der Waals surface area contributed by atoms with Crippen molar-refractivity contribution >= 4 is 28.8 Å². The largest absolute Gasteiger partial charge is 0.482 e. The highest BCUT2D eigenvalue weighted by molar-refractivity contribution is 7.10. The fourth-order valence-electron chi connectivity index (χ4n) is 2.49. The smallest absolute Gasteiger partial charge is 0.258 e. The predicted octanol–water partition coefficient (Wildman–Crippen LogP) is 4.99. The van der Waals surface area contributed by atoms with E-state index < -0.39 is 0 Å². The molecule has 1 aromatic heterocycles. The fourth-order valence-corrected chi connectivity index (χ4v) is 3.46. The van der Waals surface area contributed by atoms with Gasteiger partial charge in [-0.3, -0.25) is 4.79 Å². The predicted molar refractivity (Wildman–Crippen MR) is 102 cm³/mol. The molecule has 0 aliphatic rings. The van der Waals surface area contributed by atoms with Gasteiger partial charge in [0.1, 0.15) is 5.75 Å². The van der Waals surface area contributed by atoms with Crippen LogP contribution in [0.3, 0.4) is 0 Å². The summed E-state index contributed by atoms with van der Waals surface area (Å²) in [4.78, 5) is 13.5. The minimum atomic E-state index is -0.195. The Morgan fingerprint density at radius 1 is 1.16 bits per heavy atom. The molecule has 0 radical (unpaired) electrons. The Morgan fingerprint density at radius 2 is 1.96 bits per heavy atom. The number of hydrogen-bond donors (Lipinski definition) is 1. The second kappa shape index (κ2) is 8.19. The molecular weight excluding hydrogens is 354 g/mol. The van der Waals surface area contributed by atoms with Gasteiger partial charge in [0, 0.05) is 4.88 Å². The molecule has 2 aromatic carbocycles. The maximum Gasteiger partial charge on any atom is 0.258 e. The number of aryl methyl sites for hydroxylation is 1. The molecule has 1 amide bonds. The number of thiophene rings is 1. The Kier molecular flexibility index (Phi) is 5.74. The minimum Gasteiger partial charge on any atom is -0.482 e. The number of amides is 1. The van der Waals surface area contributed by atoms with Crippen molar-refractivity contribution in [2.24, 2.45) is 0 Å². The first kappa shape index (κ1) is 17.5. The van der Waals surface area contributed by atoms with Crippen LogP contribution in [0.15, 0.2) is 66.0 Å². The summed E-state index contributed by atoms with van der Waals surface area (Å²) >= 11 is 7.72. The van der Waals surface area contributed by atoms with E-state index >= 15 is 0 Å². The number of benzene rings is 2. The summed E-state index contributed by atoms with van der Waals surface area (Å²) in [7, 11) is 0. The molecule has 3 aromatic rings. The van der Waals surface area contributed by atoms with E-state index in [4.69, 9.17) is 16.3 Å². The van der Waals surface area contributed by atoms with Crippen LogP contribution >= 0.6 is 22.9 Å². The summed E-state index contributed by atoms with van der Waals surface area (Å²) in [5.41, 5.74) is 2.06. The quantitative estimate of drug-likeness (QED) is 0.662. The van der Waals surface area contributed by atoms with Crippen molar-refractivity contribution in [3.8, 4) is 5.75 Å². The first-order valence-corrected chi connectivity index (χ1v) is 9.16. The Bertz CT molecular complexity index is 834. The normalized spacial score (nSPS) is 11.8. The Hall–Kier alpha value is -2.30. The number of hydrogen-bond acceptors (Lipinski definition) is 3. The van der Waals surface area contributed by atoms with Gasteiger partial charge in [-0.25, -0.2) is 0 Å². The molecule has 1 atom stereocenters. The maximum absolute atomic E-state index is 12.4. The SMILES string of the molecule is Cc1ccc(Cl)c(OCC(=O)N[C@H](c2ccccc2)c2cccs2)c1. The van der Waals surface area contributed by atoms with Crippen LogP contribution in [0, 0.1) is 6.92 Å². The first-order chi connectivity index (χ1) is 12.1. The third-order valence-corrected chi connectivity index (χ3v) is 4.96. The zero-order valence-electron chi connectivity index (χ0n) is 13.7. The fraction of sp³-hybridized carbons (Fsp3) is 0.150. The third kappa shape index (κ3) is 4.62. The van der Waals surface area contributed by atoms with Crippen LogP contribution in [-0.2, 0) is 4.79 Å². The summed E-state index contributed by atoms with van der Waals surface area (Å²) in [5, 5.41) is 5.54. The Morgan fingerprint density at radius 3 is 2.68 bits per heavy atom. The van der Waals surface area contributed by atoms with E-state index in [0.29, 0.717) is 10.8 Å². The van der Waals surface area contributed by atoms with Gasteiger partial charge >= 0.3 is 0 Å². The van der Waals surface area contributed by atoms with Crippen molar-refractivity contribution in [3.05, 3.63) is 87.1 Å². The van der Waals surface area contributed by atoms with Crippen LogP contribution in [0.1, 0.15) is 22.0 Å². The minimum absolute atomic E-state index is 0.0854. The van der Waals surface area contributed by atoms with Crippen molar-refractivity contribution in [1.29, 1.82) is 0 Å². The van der Waals surface area contributed by atoms with Crippen molar-refractivity contribution in [1.82, 2.24) is 5.32 Å². The van der Waals surface area contributed by atoms with Crippen molar-refractivity contribution in [2.75, 3.05) is 6.61 Å². The molecule has 0 fully saturated rings. The average molecular weight is 372 g/mol. The van der Waals surface area contributed by atoms with Crippen LogP contribution in [0.2, 0.25) is 5.02 Å². The molecule has 1 heterocycles. The Labute approximate surface area is 156 Å². The molecule has 5 heteroatoms. The van der Waals surface area contributed by atoms with E-state index in [2.05, 4.69) is 5.32 Å². The van der Waals surface area contributed by atoms with Gasteiger partial charge in [0.25, 0.3) is 5.91 Å². The van der Waals surface area contributed by atoms with Crippen molar-refractivity contribution < 1.29 is 9.53 Å². The van der Waals surface area contributed by atoms with Gasteiger partial charge in [-0.15, -0.1) is 11.3 Å². The van der Waals surface area contributed by atoms with E-state index in [1.807, 2.05) is 66.9 Å². The van der Waals surface area contributed by atoms with E-state index in [1.165, 1.54) is 0 Å². The van der Waals surface area contributed by atoms with Gasteiger partial charge in [0.05, 0.1) is 11.1 Å². The van der Waals surface area contributed by atoms with E-state index in [0.717, 1.165) is 16.0 Å². The lowest BCUT2D eigenvalue weighted by Gasteiger charge is -2.18. The van der Waals surface area contributed by atoms with E-state index in [1.54, 1.807) is 17.4 Å². The van der Waals surface area contributed by atoms with Gasteiger partial charge in [-0.2, -0.15) is 0 Å². The van der Waals surface area contributed by atoms with Gasteiger partial charge in [0.2, 0.25) is 0 Å².